The molecule has 0 fully saturated rings. The minimum absolute atomic E-state index is 0.195. The predicted octanol–water partition coefficient (Wildman–Crippen LogP) is 5.03. The van der Waals surface area contributed by atoms with E-state index in [1.54, 1.807) is 36.5 Å². The predicted molar refractivity (Wildman–Crippen MR) is 97.3 cm³/mol. The van der Waals surface area contributed by atoms with Crippen molar-refractivity contribution in [3.05, 3.63) is 94.4 Å². The topological polar surface area (TPSA) is 33.2 Å². The van der Waals surface area contributed by atoms with Gasteiger partial charge in [0.05, 0.1) is 6.54 Å². The van der Waals surface area contributed by atoms with Gasteiger partial charge in [0.25, 0.3) is 5.91 Å². The molecule has 1 aromatic heterocycles. The van der Waals surface area contributed by atoms with E-state index in [2.05, 4.69) is 4.98 Å². The summed E-state index contributed by atoms with van der Waals surface area (Å²) in [5, 5.41) is 0.276. The Hall–Kier alpha value is -2.72. The van der Waals surface area contributed by atoms with Gasteiger partial charge in [-0.1, -0.05) is 41.4 Å². The Bertz CT molecular complexity index is 882. The SMILES string of the molecule is Cc1ccc(C(=O)N(Cc2ccc(F)cc2Cl)c2ccccn2)cc1. The maximum absolute atomic E-state index is 13.3. The molecule has 1 heterocycles. The summed E-state index contributed by atoms with van der Waals surface area (Å²) >= 11 is 6.13. The van der Waals surface area contributed by atoms with Crippen LogP contribution in [0.1, 0.15) is 21.5 Å². The fourth-order valence-electron chi connectivity index (χ4n) is 2.44. The summed E-state index contributed by atoms with van der Waals surface area (Å²) in [5.41, 5.74) is 2.27. The Morgan fingerprint density at radius 3 is 2.52 bits per heavy atom. The van der Waals surface area contributed by atoms with Crippen LogP contribution in [-0.2, 0) is 6.54 Å². The fraction of sp³-hybridized carbons (Fsp3) is 0.100. The number of nitrogens with zero attached hydrogens (tertiary/aromatic N) is 2. The summed E-state index contributed by atoms with van der Waals surface area (Å²) in [5.74, 6) is -0.101. The molecule has 0 saturated heterocycles. The van der Waals surface area contributed by atoms with Gasteiger partial charge in [0.1, 0.15) is 11.6 Å². The highest BCUT2D eigenvalue weighted by Crippen LogP contribution is 2.23. The van der Waals surface area contributed by atoms with E-state index in [1.807, 2.05) is 25.1 Å². The third kappa shape index (κ3) is 4.03. The van der Waals surface area contributed by atoms with Crippen molar-refractivity contribution in [2.24, 2.45) is 0 Å². The number of amides is 1. The second kappa shape index (κ2) is 7.45. The quantitative estimate of drug-likeness (QED) is 0.658. The molecule has 126 valence electrons. The summed E-state index contributed by atoms with van der Waals surface area (Å²) in [7, 11) is 0. The number of rotatable bonds is 4. The van der Waals surface area contributed by atoms with Crippen molar-refractivity contribution in [2.75, 3.05) is 4.90 Å². The second-order valence-corrected chi connectivity index (χ2v) is 6.09. The van der Waals surface area contributed by atoms with Crippen molar-refractivity contribution in [2.45, 2.75) is 13.5 Å². The van der Waals surface area contributed by atoms with Gasteiger partial charge in [-0.05, 0) is 48.9 Å². The summed E-state index contributed by atoms with van der Waals surface area (Å²) in [6, 6.07) is 16.8. The van der Waals surface area contributed by atoms with E-state index in [0.717, 1.165) is 5.56 Å². The minimum atomic E-state index is -0.414. The Kier molecular flexibility index (Phi) is 5.10. The molecule has 1 amide bonds. The lowest BCUT2D eigenvalue weighted by atomic mass is 10.1. The normalized spacial score (nSPS) is 10.5. The molecule has 0 aliphatic carbocycles. The first-order valence-corrected chi connectivity index (χ1v) is 8.16. The summed E-state index contributed by atoms with van der Waals surface area (Å²) in [6.45, 7) is 2.16. The second-order valence-electron chi connectivity index (χ2n) is 5.68. The molecule has 0 aliphatic rings. The summed E-state index contributed by atoms with van der Waals surface area (Å²) in [4.78, 5) is 18.8. The molecule has 3 nitrogen and oxygen atoms in total. The van der Waals surface area contributed by atoms with Crippen LogP contribution in [0.15, 0.2) is 66.9 Å². The van der Waals surface area contributed by atoms with Crippen molar-refractivity contribution in [3.63, 3.8) is 0 Å². The maximum atomic E-state index is 13.3. The highest BCUT2D eigenvalue weighted by atomic mass is 35.5. The Morgan fingerprint density at radius 2 is 1.88 bits per heavy atom. The van der Waals surface area contributed by atoms with E-state index in [0.29, 0.717) is 16.9 Å². The largest absolute Gasteiger partial charge is 0.288 e. The third-order valence-corrected chi connectivity index (χ3v) is 4.16. The fourth-order valence-corrected chi connectivity index (χ4v) is 2.67. The number of aromatic nitrogens is 1. The van der Waals surface area contributed by atoms with Gasteiger partial charge >= 0.3 is 0 Å². The van der Waals surface area contributed by atoms with Crippen molar-refractivity contribution in [1.82, 2.24) is 4.98 Å². The lowest BCUT2D eigenvalue weighted by molar-refractivity contribution is 0.0984. The first-order valence-electron chi connectivity index (χ1n) is 7.78. The molecule has 2 aromatic carbocycles. The lowest BCUT2D eigenvalue weighted by Gasteiger charge is -2.22. The van der Waals surface area contributed by atoms with Gasteiger partial charge in [0.2, 0.25) is 0 Å². The first kappa shape index (κ1) is 17.1. The molecule has 5 heteroatoms. The third-order valence-electron chi connectivity index (χ3n) is 3.81. The monoisotopic (exact) mass is 354 g/mol. The number of hydrogen-bond acceptors (Lipinski definition) is 2. The summed E-state index contributed by atoms with van der Waals surface area (Å²) in [6.07, 6.45) is 1.62. The minimum Gasteiger partial charge on any atom is -0.288 e. The number of aryl methyl sites for hydroxylation is 1. The number of anilines is 1. The van der Waals surface area contributed by atoms with Gasteiger partial charge in [-0.25, -0.2) is 9.37 Å². The van der Waals surface area contributed by atoms with Gasteiger partial charge < -0.3 is 0 Å². The molecule has 0 unspecified atom stereocenters. The molecule has 0 spiro atoms. The molecule has 3 rings (SSSR count). The highest BCUT2D eigenvalue weighted by molar-refractivity contribution is 6.31. The van der Waals surface area contributed by atoms with Crippen molar-refractivity contribution >= 4 is 23.3 Å². The molecule has 3 aromatic rings. The molecule has 25 heavy (non-hydrogen) atoms. The van der Waals surface area contributed by atoms with Crippen molar-refractivity contribution in [1.29, 1.82) is 0 Å². The molecule has 0 saturated carbocycles. The zero-order valence-electron chi connectivity index (χ0n) is 13.6. The molecule has 0 atom stereocenters. The number of carbonyl (C=O) groups excluding carboxylic acids is 1. The van der Waals surface area contributed by atoms with Crippen LogP contribution in [0.25, 0.3) is 0 Å². The van der Waals surface area contributed by atoms with Crippen LogP contribution in [0.2, 0.25) is 5.02 Å². The standard InChI is InChI=1S/C20H16ClFN2O/c1-14-5-7-15(8-6-14)20(25)24(19-4-2-3-11-23-19)13-16-9-10-17(22)12-18(16)21/h2-12H,13H2,1H3. The molecule has 0 aliphatic heterocycles. The zero-order chi connectivity index (χ0) is 17.8. The molecular weight excluding hydrogens is 339 g/mol. The number of hydrogen-bond donors (Lipinski definition) is 0. The smallest absolute Gasteiger partial charge is 0.259 e. The Labute approximate surface area is 150 Å². The molecular formula is C20H16ClFN2O. The Morgan fingerprint density at radius 1 is 1.12 bits per heavy atom. The van der Waals surface area contributed by atoms with E-state index in [9.17, 15) is 9.18 Å². The Balaban J connectivity index is 1.98. The van der Waals surface area contributed by atoms with E-state index < -0.39 is 5.82 Å². The van der Waals surface area contributed by atoms with Crippen LogP contribution in [-0.4, -0.2) is 10.9 Å². The average Bonchev–Trinajstić information content (AvgIpc) is 2.62. The van der Waals surface area contributed by atoms with E-state index in [4.69, 9.17) is 11.6 Å². The molecule has 0 bridgehead atoms. The zero-order valence-corrected chi connectivity index (χ0v) is 14.4. The lowest BCUT2D eigenvalue weighted by Crippen LogP contribution is -2.31. The van der Waals surface area contributed by atoms with E-state index in [1.165, 1.54) is 17.0 Å². The van der Waals surface area contributed by atoms with E-state index >= 15 is 0 Å². The van der Waals surface area contributed by atoms with Crippen LogP contribution in [0.3, 0.4) is 0 Å². The van der Waals surface area contributed by atoms with Gasteiger partial charge in [-0.15, -0.1) is 0 Å². The van der Waals surface area contributed by atoms with Crippen LogP contribution >= 0.6 is 11.6 Å². The van der Waals surface area contributed by atoms with Crippen LogP contribution in [0, 0.1) is 12.7 Å². The van der Waals surface area contributed by atoms with Crippen molar-refractivity contribution < 1.29 is 9.18 Å². The average molecular weight is 355 g/mol. The van der Waals surface area contributed by atoms with Gasteiger partial charge in [-0.3, -0.25) is 9.69 Å². The van der Waals surface area contributed by atoms with Gasteiger partial charge in [-0.2, -0.15) is 0 Å². The molecule has 0 radical (unpaired) electrons. The number of carbonyl (C=O) groups is 1. The first-order chi connectivity index (χ1) is 12.0. The van der Waals surface area contributed by atoms with Crippen molar-refractivity contribution in [3.8, 4) is 0 Å². The number of benzene rings is 2. The van der Waals surface area contributed by atoms with Gasteiger partial charge in [0, 0.05) is 16.8 Å². The maximum Gasteiger partial charge on any atom is 0.259 e. The van der Waals surface area contributed by atoms with Crippen LogP contribution in [0.4, 0.5) is 10.2 Å². The number of pyridine rings is 1. The van der Waals surface area contributed by atoms with Crippen LogP contribution in [0.5, 0.6) is 0 Å². The number of halogens is 2. The van der Waals surface area contributed by atoms with Crippen LogP contribution < -0.4 is 4.90 Å². The van der Waals surface area contributed by atoms with Gasteiger partial charge in [0.15, 0.2) is 0 Å². The molecule has 0 N–H and O–H groups in total. The highest BCUT2D eigenvalue weighted by Gasteiger charge is 2.20. The summed E-state index contributed by atoms with van der Waals surface area (Å²) < 4.78 is 13.3. The van der Waals surface area contributed by atoms with E-state index in [-0.39, 0.29) is 17.5 Å².